The number of nitrogens with zero attached hydrogens (tertiary/aromatic N) is 5. The summed E-state index contributed by atoms with van der Waals surface area (Å²) in [6.45, 7) is 5.18. The van der Waals surface area contributed by atoms with Crippen LogP contribution in [0, 0.1) is 6.92 Å². The SMILES string of the molecule is COc1ncc(C2=NC(NC(=S)Nc3ccc(N4CCOCC4)c(C)c3)C(=O)N(C)c3ccc(Cl)cc32)c(OC)n1. The second-order valence-electron chi connectivity index (χ2n) is 9.42. The van der Waals surface area contributed by atoms with Gasteiger partial charge in [-0.25, -0.2) is 9.98 Å². The molecular formula is C28H30ClN7O4S. The average Bonchev–Trinajstić information content (AvgIpc) is 3.07. The normalized spacial score (nSPS) is 16.9. The molecule has 2 aromatic carbocycles. The molecule has 1 aromatic heterocycles. The van der Waals surface area contributed by atoms with Crippen LogP contribution in [-0.2, 0) is 9.53 Å². The largest absolute Gasteiger partial charge is 0.480 e. The van der Waals surface area contributed by atoms with Crippen LogP contribution in [0.2, 0.25) is 5.02 Å². The first-order chi connectivity index (χ1) is 19.8. The first kappa shape index (κ1) is 28.5. The fourth-order valence-corrected chi connectivity index (χ4v) is 5.21. The topological polar surface area (TPSA) is 113 Å². The molecule has 0 spiro atoms. The highest BCUT2D eigenvalue weighted by molar-refractivity contribution is 7.80. The van der Waals surface area contributed by atoms with Crippen molar-refractivity contribution in [1.82, 2.24) is 15.3 Å². The summed E-state index contributed by atoms with van der Waals surface area (Å²) in [7, 11) is 4.62. The molecule has 0 bridgehead atoms. The number of benzodiazepines with no additional fused rings is 1. The summed E-state index contributed by atoms with van der Waals surface area (Å²) >= 11 is 12.0. The number of benzene rings is 2. The highest BCUT2D eigenvalue weighted by atomic mass is 35.5. The summed E-state index contributed by atoms with van der Waals surface area (Å²) in [6.07, 6.45) is 0.470. The van der Waals surface area contributed by atoms with Crippen LogP contribution >= 0.6 is 23.8 Å². The summed E-state index contributed by atoms with van der Waals surface area (Å²) < 4.78 is 16.2. The number of halogens is 1. The highest BCUT2D eigenvalue weighted by Crippen LogP contribution is 2.32. The third-order valence-electron chi connectivity index (χ3n) is 6.83. The number of hydrogen-bond donors (Lipinski definition) is 2. The van der Waals surface area contributed by atoms with Gasteiger partial charge >= 0.3 is 6.01 Å². The number of carbonyl (C=O) groups is 1. The molecule has 3 heterocycles. The molecular weight excluding hydrogens is 566 g/mol. The number of nitrogens with one attached hydrogen (secondary N) is 2. The van der Waals surface area contributed by atoms with E-state index >= 15 is 0 Å². The molecule has 13 heteroatoms. The van der Waals surface area contributed by atoms with Crippen LogP contribution in [-0.4, -0.2) is 80.4 Å². The Morgan fingerprint density at radius 1 is 1.10 bits per heavy atom. The first-order valence-electron chi connectivity index (χ1n) is 12.9. The number of rotatable bonds is 6. The third kappa shape index (κ3) is 6.04. The number of anilines is 3. The molecule has 0 aliphatic carbocycles. The second-order valence-corrected chi connectivity index (χ2v) is 10.3. The number of carbonyl (C=O) groups excluding carboxylic acids is 1. The first-order valence-corrected chi connectivity index (χ1v) is 13.7. The van der Waals surface area contributed by atoms with E-state index in [4.69, 9.17) is 43.0 Å². The predicted molar refractivity (Wildman–Crippen MR) is 163 cm³/mol. The number of methoxy groups -OCH3 is 2. The fourth-order valence-electron chi connectivity index (χ4n) is 4.81. The van der Waals surface area contributed by atoms with Gasteiger partial charge in [0.05, 0.1) is 44.4 Å². The molecule has 0 saturated carbocycles. The second kappa shape index (κ2) is 12.2. The van der Waals surface area contributed by atoms with E-state index in [1.165, 1.54) is 25.3 Å². The van der Waals surface area contributed by atoms with Crippen LogP contribution in [0.1, 0.15) is 16.7 Å². The van der Waals surface area contributed by atoms with Gasteiger partial charge < -0.3 is 34.6 Å². The molecule has 0 radical (unpaired) electrons. The van der Waals surface area contributed by atoms with E-state index in [9.17, 15) is 4.79 Å². The molecule has 1 fully saturated rings. The number of thiocarbonyl (C=S) groups is 1. The number of aryl methyl sites for hydroxylation is 1. The monoisotopic (exact) mass is 595 g/mol. The number of aliphatic imine (C=N–C) groups is 1. The Bertz CT molecular complexity index is 1510. The number of ether oxygens (including phenoxy) is 3. The highest BCUT2D eigenvalue weighted by Gasteiger charge is 2.32. The van der Waals surface area contributed by atoms with Gasteiger partial charge in [-0.1, -0.05) is 11.6 Å². The van der Waals surface area contributed by atoms with Crippen LogP contribution < -0.4 is 29.9 Å². The molecule has 2 aliphatic rings. The minimum absolute atomic E-state index is 0.134. The Labute approximate surface area is 248 Å². The van der Waals surface area contributed by atoms with Crippen molar-refractivity contribution >= 4 is 57.6 Å². The van der Waals surface area contributed by atoms with Crippen molar-refractivity contribution in [3.63, 3.8) is 0 Å². The number of morpholine rings is 1. The fraction of sp³-hybridized carbons (Fsp3) is 0.321. The molecule has 1 amide bonds. The van der Waals surface area contributed by atoms with Crippen molar-refractivity contribution in [3.8, 4) is 11.9 Å². The Kier molecular flexibility index (Phi) is 8.52. The molecule has 3 aromatic rings. The maximum atomic E-state index is 13.6. The summed E-state index contributed by atoms with van der Waals surface area (Å²) in [4.78, 5) is 30.8. The number of aromatic nitrogens is 2. The van der Waals surface area contributed by atoms with Crippen LogP contribution in [0.15, 0.2) is 47.6 Å². The Morgan fingerprint density at radius 2 is 1.85 bits per heavy atom. The van der Waals surface area contributed by atoms with Crippen molar-refractivity contribution in [2.45, 2.75) is 13.1 Å². The number of amides is 1. The summed E-state index contributed by atoms with van der Waals surface area (Å²) in [5.74, 6) is -0.0891. The van der Waals surface area contributed by atoms with E-state index < -0.39 is 6.17 Å². The third-order valence-corrected chi connectivity index (χ3v) is 7.29. The summed E-state index contributed by atoms with van der Waals surface area (Å²) in [5.41, 5.74) is 5.12. The summed E-state index contributed by atoms with van der Waals surface area (Å²) in [6, 6.07) is 11.4. The molecule has 11 nitrogen and oxygen atoms in total. The van der Waals surface area contributed by atoms with Crippen molar-refractivity contribution < 1.29 is 19.0 Å². The van der Waals surface area contributed by atoms with Crippen LogP contribution in [0.3, 0.4) is 0 Å². The van der Waals surface area contributed by atoms with Crippen molar-refractivity contribution in [3.05, 3.63) is 64.3 Å². The van der Waals surface area contributed by atoms with Gasteiger partial charge in [0.15, 0.2) is 5.11 Å². The van der Waals surface area contributed by atoms with Gasteiger partial charge in [-0.05, 0) is 61.1 Å². The van der Waals surface area contributed by atoms with E-state index in [1.807, 2.05) is 12.1 Å². The van der Waals surface area contributed by atoms with Crippen LogP contribution in [0.5, 0.6) is 11.9 Å². The molecule has 41 heavy (non-hydrogen) atoms. The Hall–Kier alpha value is -4.00. The number of hydrogen-bond acceptors (Lipinski definition) is 9. The van der Waals surface area contributed by atoms with Gasteiger partial charge in [0, 0.05) is 48.3 Å². The molecule has 1 saturated heterocycles. The maximum Gasteiger partial charge on any atom is 0.319 e. The van der Waals surface area contributed by atoms with Gasteiger partial charge in [-0.2, -0.15) is 4.98 Å². The standard InChI is InChI=1S/C28H30ClN7O4S/c1-16-13-18(6-8-21(16)36-9-11-40-12-10-36)31-28(41)33-24-26(37)35(2)22-7-5-17(29)14-19(22)23(32-24)20-15-30-27(39-4)34-25(20)38-3/h5-8,13-15,24H,9-12H2,1-4H3,(H2,31,33,41). The minimum atomic E-state index is -1.07. The maximum absolute atomic E-state index is 13.6. The average molecular weight is 596 g/mol. The predicted octanol–water partition coefficient (Wildman–Crippen LogP) is 3.42. The Morgan fingerprint density at radius 3 is 2.56 bits per heavy atom. The van der Waals surface area contributed by atoms with Gasteiger partial charge in [0.25, 0.3) is 5.91 Å². The minimum Gasteiger partial charge on any atom is -0.480 e. The molecule has 2 aliphatic heterocycles. The number of fused-ring (bicyclic) bond motifs is 1. The quantitative estimate of drug-likeness (QED) is 0.411. The lowest BCUT2D eigenvalue weighted by atomic mass is 10.0. The molecule has 1 atom stereocenters. The van der Waals surface area contributed by atoms with E-state index in [2.05, 4.69) is 38.5 Å². The molecule has 1 unspecified atom stereocenters. The van der Waals surface area contributed by atoms with Crippen molar-refractivity contribution in [2.24, 2.45) is 4.99 Å². The van der Waals surface area contributed by atoms with Gasteiger partial charge in [-0.15, -0.1) is 0 Å². The van der Waals surface area contributed by atoms with E-state index in [0.717, 1.165) is 30.0 Å². The van der Waals surface area contributed by atoms with Crippen LogP contribution in [0.25, 0.3) is 0 Å². The van der Waals surface area contributed by atoms with E-state index in [-0.39, 0.29) is 22.9 Å². The smallest absolute Gasteiger partial charge is 0.319 e. The zero-order valence-corrected chi connectivity index (χ0v) is 24.7. The van der Waals surface area contributed by atoms with Crippen molar-refractivity contribution in [2.75, 3.05) is 62.7 Å². The van der Waals surface area contributed by atoms with Gasteiger partial charge in [0.2, 0.25) is 12.0 Å². The zero-order chi connectivity index (χ0) is 29.1. The van der Waals surface area contributed by atoms with E-state index in [1.54, 1.807) is 25.2 Å². The lowest BCUT2D eigenvalue weighted by Crippen LogP contribution is -2.47. The molecule has 214 valence electrons. The number of likely N-dealkylation sites (N-methyl/N-ethyl adjacent to an activating group) is 1. The zero-order valence-electron chi connectivity index (χ0n) is 23.1. The Balaban J connectivity index is 1.45. The molecule has 2 N–H and O–H groups in total. The van der Waals surface area contributed by atoms with E-state index in [0.29, 0.717) is 40.8 Å². The molecule has 5 rings (SSSR count). The lowest BCUT2D eigenvalue weighted by Gasteiger charge is -2.30. The van der Waals surface area contributed by atoms with Crippen LogP contribution in [0.4, 0.5) is 17.1 Å². The summed E-state index contributed by atoms with van der Waals surface area (Å²) in [5, 5.41) is 6.97. The van der Waals surface area contributed by atoms with Crippen molar-refractivity contribution in [1.29, 1.82) is 0 Å². The lowest BCUT2D eigenvalue weighted by molar-refractivity contribution is -0.119. The van der Waals surface area contributed by atoms with Gasteiger partial charge in [-0.3, -0.25) is 4.79 Å². The van der Waals surface area contributed by atoms with Gasteiger partial charge in [0.1, 0.15) is 0 Å².